The van der Waals surface area contributed by atoms with Crippen molar-refractivity contribution in [2.45, 2.75) is 25.9 Å². The van der Waals surface area contributed by atoms with Gasteiger partial charge in [0.15, 0.2) is 0 Å². The largest absolute Gasteiger partial charge is 0.331 e. The molecule has 0 unspecified atom stereocenters. The van der Waals surface area contributed by atoms with Gasteiger partial charge in [-0.1, -0.05) is 0 Å². The molecule has 0 saturated carbocycles. The maximum atomic E-state index is 12.5. The second-order valence-corrected chi connectivity index (χ2v) is 7.15. The highest BCUT2D eigenvalue weighted by molar-refractivity contribution is 7.07. The average molecular weight is 347 g/mol. The van der Waals surface area contributed by atoms with Crippen molar-refractivity contribution in [2.24, 2.45) is 7.05 Å². The van der Waals surface area contributed by atoms with Gasteiger partial charge >= 0.3 is 6.03 Å². The third kappa shape index (κ3) is 3.79. The number of amides is 2. The summed E-state index contributed by atoms with van der Waals surface area (Å²) >= 11 is 1.74. The third-order valence-electron chi connectivity index (χ3n) is 4.74. The van der Waals surface area contributed by atoms with E-state index in [1.165, 1.54) is 5.56 Å². The zero-order valence-corrected chi connectivity index (χ0v) is 15.3. The topological polar surface area (TPSA) is 53.4 Å². The fraction of sp³-hybridized carbons (Fsp3) is 0.529. The quantitative estimate of drug-likeness (QED) is 0.925. The van der Waals surface area contributed by atoms with E-state index in [9.17, 15) is 4.79 Å². The van der Waals surface area contributed by atoms with Gasteiger partial charge in [-0.05, 0) is 36.2 Å². The molecule has 0 aromatic carbocycles. The molecule has 1 N–H and O–H groups in total. The molecular formula is C17H25N5OS. The lowest BCUT2D eigenvalue weighted by atomic mass is 10.1. The summed E-state index contributed by atoms with van der Waals surface area (Å²) < 4.78 is 1.75. The summed E-state index contributed by atoms with van der Waals surface area (Å²) in [5, 5.41) is 11.6. The minimum Gasteiger partial charge on any atom is -0.331 e. The summed E-state index contributed by atoms with van der Waals surface area (Å²) in [7, 11) is 1.88. The molecule has 0 aliphatic carbocycles. The molecule has 1 aliphatic heterocycles. The molecule has 2 atom stereocenters. The predicted octanol–water partition coefficient (Wildman–Crippen LogP) is 2.63. The lowest BCUT2D eigenvalue weighted by Gasteiger charge is -2.38. The molecule has 1 aliphatic rings. The van der Waals surface area contributed by atoms with E-state index < -0.39 is 0 Å². The van der Waals surface area contributed by atoms with Gasteiger partial charge in [0.2, 0.25) is 0 Å². The van der Waals surface area contributed by atoms with Crippen molar-refractivity contribution >= 4 is 17.4 Å². The molecule has 2 amide bonds. The monoisotopic (exact) mass is 347 g/mol. The van der Waals surface area contributed by atoms with Crippen molar-refractivity contribution in [3.05, 3.63) is 40.3 Å². The van der Waals surface area contributed by atoms with Gasteiger partial charge in [0.1, 0.15) is 0 Å². The number of carbonyl (C=O) groups excluding carboxylic acids is 1. The van der Waals surface area contributed by atoms with Crippen LogP contribution in [0.5, 0.6) is 0 Å². The standard InChI is InChI=1S/C17H25N5OS/c1-13(16-10-18-20(3)11-16)19-17(23)22-7-5-21(6-8-22)14(2)15-4-9-24-12-15/h4,9-14H,5-8H2,1-3H3,(H,19,23)/t13-,14-/m1/s1. The summed E-state index contributed by atoms with van der Waals surface area (Å²) in [5.74, 6) is 0. The number of nitrogens with zero attached hydrogens (tertiary/aromatic N) is 4. The maximum Gasteiger partial charge on any atom is 0.317 e. The third-order valence-corrected chi connectivity index (χ3v) is 5.44. The van der Waals surface area contributed by atoms with Crippen molar-refractivity contribution in [3.63, 3.8) is 0 Å². The maximum absolute atomic E-state index is 12.5. The van der Waals surface area contributed by atoms with Crippen LogP contribution in [0.25, 0.3) is 0 Å². The van der Waals surface area contributed by atoms with E-state index in [0.29, 0.717) is 6.04 Å². The van der Waals surface area contributed by atoms with E-state index in [-0.39, 0.29) is 12.1 Å². The molecule has 0 radical (unpaired) electrons. The Labute approximate surface area is 147 Å². The van der Waals surface area contributed by atoms with E-state index in [4.69, 9.17) is 0 Å². The second-order valence-electron chi connectivity index (χ2n) is 6.37. The minimum atomic E-state index is -0.0334. The van der Waals surface area contributed by atoms with E-state index in [0.717, 1.165) is 31.7 Å². The van der Waals surface area contributed by atoms with Gasteiger partial charge in [0.25, 0.3) is 0 Å². The number of hydrogen-bond acceptors (Lipinski definition) is 4. The highest BCUT2D eigenvalue weighted by atomic mass is 32.1. The van der Waals surface area contributed by atoms with Gasteiger partial charge in [-0.3, -0.25) is 9.58 Å². The number of urea groups is 1. The van der Waals surface area contributed by atoms with Crippen LogP contribution in [0.3, 0.4) is 0 Å². The number of piperazine rings is 1. The summed E-state index contributed by atoms with van der Waals surface area (Å²) in [6.45, 7) is 7.57. The van der Waals surface area contributed by atoms with Crippen LogP contribution >= 0.6 is 11.3 Å². The van der Waals surface area contributed by atoms with Crippen LogP contribution in [-0.2, 0) is 7.05 Å². The van der Waals surface area contributed by atoms with E-state index in [1.54, 1.807) is 22.2 Å². The molecule has 6 nitrogen and oxygen atoms in total. The minimum absolute atomic E-state index is 0.00851. The zero-order chi connectivity index (χ0) is 17.1. The summed E-state index contributed by atoms with van der Waals surface area (Å²) in [5.41, 5.74) is 2.39. The van der Waals surface area contributed by atoms with Gasteiger partial charge in [0.05, 0.1) is 12.2 Å². The molecule has 7 heteroatoms. The summed E-state index contributed by atoms with van der Waals surface area (Å²) in [4.78, 5) is 16.8. The Hall–Kier alpha value is -1.86. The first-order valence-corrected chi connectivity index (χ1v) is 9.29. The highest BCUT2D eigenvalue weighted by Gasteiger charge is 2.25. The number of rotatable bonds is 4. The van der Waals surface area contributed by atoms with Gasteiger partial charge in [0, 0.05) is 51.0 Å². The Bertz CT molecular complexity index is 660. The van der Waals surface area contributed by atoms with Crippen LogP contribution in [-0.4, -0.2) is 51.8 Å². The molecule has 1 saturated heterocycles. The van der Waals surface area contributed by atoms with E-state index in [2.05, 4.69) is 39.1 Å². The van der Waals surface area contributed by atoms with Gasteiger partial charge in [-0.15, -0.1) is 0 Å². The first kappa shape index (κ1) is 17.0. The lowest BCUT2D eigenvalue weighted by molar-refractivity contribution is 0.113. The van der Waals surface area contributed by atoms with Crippen LogP contribution < -0.4 is 5.32 Å². The molecule has 2 aromatic heterocycles. The first-order chi connectivity index (χ1) is 11.5. The van der Waals surface area contributed by atoms with Crippen molar-refractivity contribution in [1.29, 1.82) is 0 Å². The van der Waals surface area contributed by atoms with E-state index >= 15 is 0 Å². The normalized spacial score (nSPS) is 18.4. The Morgan fingerprint density at radius 1 is 1.25 bits per heavy atom. The number of carbonyl (C=O) groups is 1. The number of thiophene rings is 1. The summed E-state index contributed by atoms with van der Waals surface area (Å²) in [6.07, 6.45) is 3.73. The number of aryl methyl sites for hydroxylation is 1. The van der Waals surface area contributed by atoms with Crippen LogP contribution in [0.2, 0.25) is 0 Å². The van der Waals surface area contributed by atoms with E-state index in [1.807, 2.05) is 25.1 Å². The molecule has 0 bridgehead atoms. The fourth-order valence-corrected chi connectivity index (χ4v) is 3.81. The Kier molecular flexibility index (Phi) is 5.20. The van der Waals surface area contributed by atoms with Gasteiger partial charge in [-0.25, -0.2) is 4.79 Å². The van der Waals surface area contributed by atoms with Gasteiger partial charge in [-0.2, -0.15) is 16.4 Å². The molecule has 3 heterocycles. The molecule has 0 spiro atoms. The number of aromatic nitrogens is 2. The molecule has 130 valence electrons. The molecule has 1 fully saturated rings. The predicted molar refractivity (Wildman–Crippen MR) is 96.0 cm³/mol. The van der Waals surface area contributed by atoms with Crippen LogP contribution in [0.1, 0.15) is 37.1 Å². The highest BCUT2D eigenvalue weighted by Crippen LogP contribution is 2.23. The first-order valence-electron chi connectivity index (χ1n) is 8.34. The molecule has 2 aromatic rings. The average Bonchev–Trinajstić information content (AvgIpc) is 3.26. The van der Waals surface area contributed by atoms with Crippen LogP contribution in [0, 0.1) is 0 Å². The second kappa shape index (κ2) is 7.36. The lowest BCUT2D eigenvalue weighted by Crippen LogP contribution is -2.52. The Balaban J connectivity index is 1.50. The smallest absolute Gasteiger partial charge is 0.317 e. The van der Waals surface area contributed by atoms with Crippen molar-refractivity contribution in [1.82, 2.24) is 24.9 Å². The van der Waals surface area contributed by atoms with Crippen molar-refractivity contribution in [3.8, 4) is 0 Å². The SMILES string of the molecule is C[C@H](c1ccsc1)N1CCN(C(=O)N[C@H](C)c2cnn(C)c2)CC1. The number of hydrogen-bond donors (Lipinski definition) is 1. The zero-order valence-electron chi connectivity index (χ0n) is 14.5. The van der Waals surface area contributed by atoms with Crippen LogP contribution in [0.4, 0.5) is 4.79 Å². The molecule has 24 heavy (non-hydrogen) atoms. The Morgan fingerprint density at radius 2 is 2.00 bits per heavy atom. The molecular weight excluding hydrogens is 322 g/mol. The van der Waals surface area contributed by atoms with Crippen LogP contribution in [0.15, 0.2) is 29.2 Å². The van der Waals surface area contributed by atoms with Gasteiger partial charge < -0.3 is 10.2 Å². The van der Waals surface area contributed by atoms with Crippen molar-refractivity contribution in [2.75, 3.05) is 26.2 Å². The molecule has 3 rings (SSSR count). The fourth-order valence-electron chi connectivity index (χ4n) is 3.06. The summed E-state index contributed by atoms with van der Waals surface area (Å²) in [6, 6.07) is 2.57. The van der Waals surface area contributed by atoms with Crippen molar-refractivity contribution < 1.29 is 4.79 Å². The number of nitrogens with one attached hydrogen (secondary N) is 1. The Morgan fingerprint density at radius 3 is 2.58 bits per heavy atom.